The van der Waals surface area contributed by atoms with Crippen LogP contribution in [0.2, 0.25) is 0 Å². The Labute approximate surface area is 112 Å². The van der Waals surface area contributed by atoms with E-state index in [2.05, 4.69) is 10.1 Å². The fraction of sp³-hybridized carbons (Fsp3) is 0.385. The third kappa shape index (κ3) is 3.61. The minimum absolute atomic E-state index is 0.177. The van der Waals surface area contributed by atoms with Crippen molar-refractivity contribution in [3.8, 4) is 5.75 Å². The second-order valence-corrected chi connectivity index (χ2v) is 3.83. The molecule has 0 saturated carbocycles. The lowest BCUT2D eigenvalue weighted by atomic mass is 10.2. The van der Waals surface area contributed by atoms with Crippen LogP contribution in [-0.4, -0.2) is 42.2 Å². The number of benzene rings is 1. The molecule has 6 heteroatoms. The number of carbonyl (C=O) groups excluding carboxylic acids is 2. The van der Waals surface area contributed by atoms with E-state index in [0.29, 0.717) is 13.1 Å². The molecule has 6 nitrogen and oxygen atoms in total. The molecule has 2 N–H and O–H groups in total. The summed E-state index contributed by atoms with van der Waals surface area (Å²) in [6, 6.07) is 3.89. The second kappa shape index (κ2) is 6.63. The summed E-state index contributed by atoms with van der Waals surface area (Å²) in [5.41, 5.74) is 0.477. The quantitative estimate of drug-likeness (QED) is 0.645. The summed E-state index contributed by atoms with van der Waals surface area (Å²) < 4.78 is 4.54. The van der Waals surface area contributed by atoms with Gasteiger partial charge in [-0.15, -0.1) is 0 Å². The van der Waals surface area contributed by atoms with Crippen molar-refractivity contribution in [2.45, 2.75) is 13.8 Å². The number of methoxy groups -OCH3 is 1. The van der Waals surface area contributed by atoms with Crippen LogP contribution < -0.4 is 5.32 Å². The summed E-state index contributed by atoms with van der Waals surface area (Å²) in [6.45, 7) is 4.87. The molecule has 1 aromatic carbocycles. The van der Waals surface area contributed by atoms with Crippen LogP contribution in [-0.2, 0) is 4.74 Å². The number of aromatic hydroxyl groups is 1. The molecule has 0 aliphatic heterocycles. The molecule has 0 saturated heterocycles. The third-order valence-corrected chi connectivity index (χ3v) is 2.71. The maximum Gasteiger partial charge on any atom is 0.337 e. The number of hydrogen-bond donors (Lipinski definition) is 2. The van der Waals surface area contributed by atoms with Crippen LogP contribution in [0.1, 0.15) is 24.2 Å². The number of urea groups is 1. The maximum absolute atomic E-state index is 11.8. The smallest absolute Gasteiger partial charge is 0.337 e. The predicted molar refractivity (Wildman–Crippen MR) is 71.4 cm³/mol. The molecule has 0 radical (unpaired) electrons. The van der Waals surface area contributed by atoms with Crippen molar-refractivity contribution < 1.29 is 19.4 Å². The average molecular weight is 266 g/mol. The van der Waals surface area contributed by atoms with Crippen LogP contribution in [0.25, 0.3) is 0 Å². The van der Waals surface area contributed by atoms with Crippen LogP contribution in [0, 0.1) is 0 Å². The van der Waals surface area contributed by atoms with Gasteiger partial charge in [0.25, 0.3) is 0 Å². The molecular weight excluding hydrogens is 248 g/mol. The first-order chi connectivity index (χ1) is 9.03. The molecule has 0 aliphatic rings. The van der Waals surface area contributed by atoms with Crippen molar-refractivity contribution in [3.63, 3.8) is 0 Å². The first kappa shape index (κ1) is 14.8. The Morgan fingerprint density at radius 3 is 2.42 bits per heavy atom. The number of esters is 1. The number of rotatable bonds is 4. The monoisotopic (exact) mass is 266 g/mol. The lowest BCUT2D eigenvalue weighted by Crippen LogP contribution is -2.34. The summed E-state index contributed by atoms with van der Waals surface area (Å²) in [4.78, 5) is 24.7. The van der Waals surface area contributed by atoms with Crippen LogP contribution >= 0.6 is 0 Å². The molecule has 1 rings (SSSR count). The highest BCUT2D eigenvalue weighted by Gasteiger charge is 2.13. The van der Waals surface area contributed by atoms with E-state index >= 15 is 0 Å². The van der Waals surface area contributed by atoms with Gasteiger partial charge in [0, 0.05) is 13.1 Å². The normalized spacial score (nSPS) is 9.84. The van der Waals surface area contributed by atoms with Gasteiger partial charge in [-0.3, -0.25) is 0 Å². The van der Waals surface area contributed by atoms with Crippen molar-refractivity contribution in [1.82, 2.24) is 4.90 Å². The van der Waals surface area contributed by atoms with Gasteiger partial charge in [-0.2, -0.15) is 0 Å². The summed E-state index contributed by atoms with van der Waals surface area (Å²) >= 11 is 0. The van der Waals surface area contributed by atoms with Crippen molar-refractivity contribution in [2.24, 2.45) is 0 Å². The van der Waals surface area contributed by atoms with E-state index in [1.54, 1.807) is 4.90 Å². The highest BCUT2D eigenvalue weighted by atomic mass is 16.5. The van der Waals surface area contributed by atoms with Crippen molar-refractivity contribution in [2.75, 3.05) is 25.5 Å². The van der Waals surface area contributed by atoms with Crippen molar-refractivity contribution >= 4 is 17.7 Å². The van der Waals surface area contributed by atoms with Crippen LogP contribution in [0.4, 0.5) is 10.5 Å². The first-order valence-electron chi connectivity index (χ1n) is 6.00. The highest BCUT2D eigenvalue weighted by Crippen LogP contribution is 2.24. The fourth-order valence-corrected chi connectivity index (χ4v) is 1.59. The number of phenolic OH excluding ortho intramolecular Hbond substituents is 1. The molecule has 0 atom stereocenters. The molecule has 104 valence electrons. The predicted octanol–water partition coefficient (Wildman–Crippen LogP) is 2.05. The average Bonchev–Trinajstić information content (AvgIpc) is 2.41. The van der Waals surface area contributed by atoms with Gasteiger partial charge in [-0.05, 0) is 32.0 Å². The van der Waals surface area contributed by atoms with Gasteiger partial charge in [0.2, 0.25) is 0 Å². The topological polar surface area (TPSA) is 78.9 Å². The standard InChI is InChI=1S/C13H18N2O4/c1-4-15(5-2)13(18)14-10-7-6-9(8-11(10)16)12(17)19-3/h6-8,16H,4-5H2,1-3H3,(H,14,18). The minimum Gasteiger partial charge on any atom is -0.506 e. The largest absolute Gasteiger partial charge is 0.506 e. The van der Waals surface area contributed by atoms with Crippen molar-refractivity contribution in [3.05, 3.63) is 23.8 Å². The lowest BCUT2D eigenvalue weighted by molar-refractivity contribution is 0.0600. The van der Waals surface area contributed by atoms with Crippen molar-refractivity contribution in [1.29, 1.82) is 0 Å². The molecule has 0 aliphatic carbocycles. The molecule has 0 fully saturated rings. The van der Waals surface area contributed by atoms with E-state index in [4.69, 9.17) is 0 Å². The Kier molecular flexibility index (Phi) is 5.17. The molecule has 0 heterocycles. The number of phenols is 1. The number of anilines is 1. The van der Waals surface area contributed by atoms with Gasteiger partial charge in [0.05, 0.1) is 18.4 Å². The van der Waals surface area contributed by atoms with Crippen LogP contribution in [0.15, 0.2) is 18.2 Å². The van der Waals surface area contributed by atoms with E-state index in [-0.39, 0.29) is 23.0 Å². The Morgan fingerprint density at radius 1 is 1.32 bits per heavy atom. The summed E-state index contributed by atoms with van der Waals surface area (Å²) in [7, 11) is 1.26. The molecule has 0 spiro atoms. The summed E-state index contributed by atoms with van der Waals surface area (Å²) in [6.07, 6.45) is 0. The maximum atomic E-state index is 11.8. The molecule has 0 unspecified atom stereocenters. The van der Waals surface area contributed by atoms with Crippen LogP contribution in [0.3, 0.4) is 0 Å². The number of ether oxygens (including phenoxy) is 1. The zero-order valence-corrected chi connectivity index (χ0v) is 11.3. The Morgan fingerprint density at radius 2 is 1.95 bits per heavy atom. The number of nitrogens with zero attached hydrogens (tertiary/aromatic N) is 1. The zero-order valence-electron chi connectivity index (χ0n) is 11.3. The first-order valence-corrected chi connectivity index (χ1v) is 6.00. The number of carbonyl (C=O) groups is 2. The molecular formula is C13H18N2O4. The lowest BCUT2D eigenvalue weighted by Gasteiger charge is -2.19. The molecule has 0 aromatic heterocycles. The van der Waals surface area contributed by atoms with E-state index in [0.717, 1.165) is 0 Å². The highest BCUT2D eigenvalue weighted by molar-refractivity contribution is 5.94. The zero-order chi connectivity index (χ0) is 14.4. The molecule has 1 aromatic rings. The van der Waals surface area contributed by atoms with E-state index in [1.807, 2.05) is 13.8 Å². The summed E-state index contributed by atoms with van der Waals surface area (Å²) in [5.74, 6) is -0.722. The molecule has 2 amide bonds. The summed E-state index contributed by atoms with van der Waals surface area (Å²) in [5, 5.41) is 12.4. The van der Waals surface area contributed by atoms with Gasteiger partial charge in [-0.1, -0.05) is 0 Å². The van der Waals surface area contributed by atoms with E-state index in [1.165, 1.54) is 25.3 Å². The molecule has 19 heavy (non-hydrogen) atoms. The number of hydrogen-bond acceptors (Lipinski definition) is 4. The second-order valence-electron chi connectivity index (χ2n) is 3.83. The Balaban J connectivity index is 2.86. The van der Waals surface area contributed by atoms with Gasteiger partial charge in [-0.25, -0.2) is 9.59 Å². The Hall–Kier alpha value is -2.24. The van der Waals surface area contributed by atoms with Gasteiger partial charge in [0.15, 0.2) is 0 Å². The minimum atomic E-state index is -0.545. The molecule has 0 bridgehead atoms. The van der Waals surface area contributed by atoms with Gasteiger partial charge >= 0.3 is 12.0 Å². The van der Waals surface area contributed by atoms with Gasteiger partial charge in [0.1, 0.15) is 5.75 Å². The van der Waals surface area contributed by atoms with Gasteiger partial charge < -0.3 is 20.1 Å². The SMILES string of the molecule is CCN(CC)C(=O)Nc1ccc(C(=O)OC)cc1O. The van der Waals surface area contributed by atoms with Crippen LogP contribution in [0.5, 0.6) is 5.75 Å². The van der Waals surface area contributed by atoms with E-state index < -0.39 is 5.97 Å². The van der Waals surface area contributed by atoms with E-state index in [9.17, 15) is 14.7 Å². The number of nitrogens with one attached hydrogen (secondary N) is 1. The fourth-order valence-electron chi connectivity index (χ4n) is 1.59. The number of amides is 2. The Bertz CT molecular complexity index is 470. The third-order valence-electron chi connectivity index (χ3n) is 2.71.